The van der Waals surface area contributed by atoms with Gasteiger partial charge in [0.15, 0.2) is 16.6 Å². The highest BCUT2D eigenvalue weighted by molar-refractivity contribution is 7.80. The van der Waals surface area contributed by atoms with Crippen LogP contribution in [-0.2, 0) is 0 Å². The molecule has 36 heavy (non-hydrogen) atoms. The summed E-state index contributed by atoms with van der Waals surface area (Å²) in [7, 11) is 3.14. The number of aromatic nitrogens is 1. The fourth-order valence-corrected chi connectivity index (χ4v) is 4.06. The number of amides is 1. The number of rotatable bonds is 6. The molecule has 1 amide bonds. The lowest BCUT2D eigenvalue weighted by Crippen LogP contribution is -2.34. The van der Waals surface area contributed by atoms with E-state index in [1.165, 1.54) is 0 Å². The molecule has 0 bridgehead atoms. The molecule has 0 unspecified atom stereocenters. The van der Waals surface area contributed by atoms with Gasteiger partial charge < -0.3 is 19.5 Å². The van der Waals surface area contributed by atoms with Crippen molar-refractivity contribution in [3.05, 3.63) is 82.5 Å². The Morgan fingerprint density at radius 1 is 0.917 bits per heavy atom. The standard InChI is InChI=1S/C27H24ClN3O4S/c1-15-5-6-16(2)18(11-15)26(32)31-27(36)30-17-7-8-23(20(28)12-17)35-22-9-10-29-21-14-25(34-4)24(33-3)13-19(21)22/h5-14H,1-4H3,(H2,30,31,32,36). The van der Waals surface area contributed by atoms with E-state index in [4.69, 9.17) is 38.0 Å². The molecule has 1 heterocycles. The number of halogens is 1. The molecule has 0 radical (unpaired) electrons. The number of anilines is 1. The van der Waals surface area contributed by atoms with Gasteiger partial charge in [0, 0.05) is 28.9 Å². The number of benzene rings is 3. The summed E-state index contributed by atoms with van der Waals surface area (Å²) in [4.78, 5) is 17.0. The van der Waals surface area contributed by atoms with Crippen molar-refractivity contribution in [1.82, 2.24) is 10.3 Å². The Morgan fingerprint density at radius 2 is 1.67 bits per heavy atom. The molecule has 0 spiro atoms. The van der Waals surface area contributed by atoms with Gasteiger partial charge in [0.25, 0.3) is 5.91 Å². The largest absolute Gasteiger partial charge is 0.493 e. The van der Waals surface area contributed by atoms with Crippen molar-refractivity contribution < 1.29 is 19.0 Å². The van der Waals surface area contributed by atoms with E-state index < -0.39 is 0 Å². The number of fused-ring (bicyclic) bond motifs is 1. The average molecular weight is 522 g/mol. The van der Waals surface area contributed by atoms with Gasteiger partial charge in [-0.3, -0.25) is 15.1 Å². The van der Waals surface area contributed by atoms with Gasteiger partial charge in [-0.1, -0.05) is 29.3 Å². The first-order chi connectivity index (χ1) is 17.3. The number of aryl methyl sites for hydroxylation is 2. The van der Waals surface area contributed by atoms with E-state index in [0.717, 1.165) is 16.5 Å². The van der Waals surface area contributed by atoms with Gasteiger partial charge >= 0.3 is 0 Å². The molecule has 0 saturated heterocycles. The SMILES string of the molecule is COc1cc2nccc(Oc3ccc(NC(=S)NC(=O)c4cc(C)ccc4C)cc3Cl)c2cc1OC. The van der Waals surface area contributed by atoms with Gasteiger partial charge in [-0.15, -0.1) is 0 Å². The Labute approximate surface area is 219 Å². The Hall–Kier alpha value is -3.88. The van der Waals surface area contributed by atoms with Crippen LogP contribution in [-0.4, -0.2) is 30.2 Å². The first-order valence-corrected chi connectivity index (χ1v) is 11.8. The summed E-state index contributed by atoms with van der Waals surface area (Å²) in [5, 5.41) is 6.94. The van der Waals surface area contributed by atoms with E-state index >= 15 is 0 Å². The number of hydrogen-bond donors (Lipinski definition) is 2. The molecular formula is C27H24ClN3O4S. The number of pyridine rings is 1. The topological polar surface area (TPSA) is 81.7 Å². The second kappa shape index (κ2) is 10.8. The summed E-state index contributed by atoms with van der Waals surface area (Å²) in [5.41, 5.74) is 3.71. The number of carbonyl (C=O) groups excluding carboxylic acids is 1. The number of methoxy groups -OCH3 is 2. The van der Waals surface area contributed by atoms with Crippen molar-refractivity contribution in [2.75, 3.05) is 19.5 Å². The van der Waals surface area contributed by atoms with Crippen molar-refractivity contribution in [3.8, 4) is 23.0 Å². The molecule has 0 atom stereocenters. The number of nitrogens with one attached hydrogen (secondary N) is 2. The van der Waals surface area contributed by atoms with Crippen molar-refractivity contribution in [2.45, 2.75) is 13.8 Å². The third-order valence-corrected chi connectivity index (χ3v) is 5.98. The lowest BCUT2D eigenvalue weighted by Gasteiger charge is -2.14. The zero-order valence-corrected chi connectivity index (χ0v) is 21.7. The molecule has 2 N–H and O–H groups in total. The Bertz CT molecular complexity index is 1480. The number of thiocarbonyl (C=S) groups is 1. The molecule has 0 saturated carbocycles. The predicted molar refractivity (Wildman–Crippen MR) is 146 cm³/mol. The number of nitrogens with zero attached hydrogens (tertiary/aromatic N) is 1. The fourth-order valence-electron chi connectivity index (χ4n) is 3.63. The molecule has 0 aliphatic heterocycles. The van der Waals surface area contributed by atoms with Crippen LogP contribution in [0.15, 0.2) is 60.8 Å². The maximum atomic E-state index is 12.6. The molecule has 0 aliphatic rings. The summed E-state index contributed by atoms with van der Waals surface area (Å²) in [6.45, 7) is 3.81. The summed E-state index contributed by atoms with van der Waals surface area (Å²) < 4.78 is 16.9. The minimum atomic E-state index is -0.281. The Balaban J connectivity index is 1.49. The smallest absolute Gasteiger partial charge is 0.257 e. The Morgan fingerprint density at radius 3 is 2.39 bits per heavy atom. The van der Waals surface area contributed by atoms with Gasteiger partial charge in [0.2, 0.25) is 0 Å². The first-order valence-electron chi connectivity index (χ1n) is 11.0. The molecule has 9 heteroatoms. The highest BCUT2D eigenvalue weighted by Crippen LogP contribution is 2.38. The van der Waals surface area contributed by atoms with Crippen LogP contribution in [0.1, 0.15) is 21.5 Å². The molecule has 4 aromatic rings. The Kier molecular flexibility index (Phi) is 7.57. The van der Waals surface area contributed by atoms with E-state index in [0.29, 0.717) is 44.8 Å². The van der Waals surface area contributed by atoms with Gasteiger partial charge in [-0.2, -0.15) is 0 Å². The number of ether oxygens (including phenoxy) is 3. The zero-order valence-electron chi connectivity index (χ0n) is 20.1. The predicted octanol–water partition coefficient (Wildman–Crippen LogP) is 6.44. The molecule has 4 rings (SSSR count). The van der Waals surface area contributed by atoms with Crippen LogP contribution >= 0.6 is 23.8 Å². The van der Waals surface area contributed by atoms with Gasteiger partial charge in [0.1, 0.15) is 11.5 Å². The number of carbonyl (C=O) groups is 1. The third kappa shape index (κ3) is 5.50. The highest BCUT2D eigenvalue weighted by Gasteiger charge is 2.14. The van der Waals surface area contributed by atoms with Crippen molar-refractivity contribution >= 4 is 51.4 Å². The highest BCUT2D eigenvalue weighted by atomic mass is 35.5. The monoisotopic (exact) mass is 521 g/mol. The van der Waals surface area contributed by atoms with E-state index in [-0.39, 0.29) is 11.0 Å². The lowest BCUT2D eigenvalue weighted by atomic mass is 10.1. The van der Waals surface area contributed by atoms with Crippen molar-refractivity contribution in [3.63, 3.8) is 0 Å². The molecule has 3 aromatic carbocycles. The summed E-state index contributed by atoms with van der Waals surface area (Å²) in [6, 6.07) is 16.1. The minimum absolute atomic E-state index is 0.159. The maximum absolute atomic E-state index is 12.6. The normalized spacial score (nSPS) is 10.6. The van der Waals surface area contributed by atoms with Gasteiger partial charge in [-0.25, -0.2) is 0 Å². The van der Waals surface area contributed by atoms with Crippen molar-refractivity contribution in [2.24, 2.45) is 0 Å². The van der Waals surface area contributed by atoms with Crippen LogP contribution in [0.4, 0.5) is 5.69 Å². The molecule has 0 fully saturated rings. The summed E-state index contributed by atoms with van der Waals surface area (Å²) in [6.07, 6.45) is 1.64. The van der Waals surface area contributed by atoms with E-state index in [1.54, 1.807) is 56.8 Å². The average Bonchev–Trinajstić information content (AvgIpc) is 2.86. The van der Waals surface area contributed by atoms with E-state index in [1.807, 2.05) is 32.0 Å². The van der Waals surface area contributed by atoms with E-state index in [9.17, 15) is 4.79 Å². The number of hydrogen-bond acceptors (Lipinski definition) is 6. The van der Waals surface area contributed by atoms with Crippen LogP contribution in [0.25, 0.3) is 10.9 Å². The molecule has 7 nitrogen and oxygen atoms in total. The maximum Gasteiger partial charge on any atom is 0.257 e. The van der Waals surface area contributed by atoms with Crippen LogP contribution in [0.3, 0.4) is 0 Å². The van der Waals surface area contributed by atoms with Crippen LogP contribution < -0.4 is 24.8 Å². The molecular weight excluding hydrogens is 498 g/mol. The zero-order chi connectivity index (χ0) is 25.8. The molecule has 0 aliphatic carbocycles. The second-order valence-electron chi connectivity index (χ2n) is 8.01. The van der Waals surface area contributed by atoms with Crippen LogP contribution in [0.2, 0.25) is 5.02 Å². The first kappa shape index (κ1) is 25.2. The summed E-state index contributed by atoms with van der Waals surface area (Å²) >= 11 is 11.8. The molecule has 1 aromatic heterocycles. The third-order valence-electron chi connectivity index (χ3n) is 5.48. The lowest BCUT2D eigenvalue weighted by molar-refractivity contribution is 0.0977. The molecule has 184 valence electrons. The van der Waals surface area contributed by atoms with Gasteiger partial charge in [0.05, 0.1) is 24.8 Å². The van der Waals surface area contributed by atoms with E-state index in [2.05, 4.69) is 15.6 Å². The van der Waals surface area contributed by atoms with Crippen molar-refractivity contribution in [1.29, 1.82) is 0 Å². The van der Waals surface area contributed by atoms with Crippen LogP contribution in [0.5, 0.6) is 23.0 Å². The quantitative estimate of drug-likeness (QED) is 0.282. The summed E-state index contributed by atoms with van der Waals surface area (Å²) in [5.74, 6) is 1.85. The van der Waals surface area contributed by atoms with Gasteiger partial charge in [-0.05, 0) is 68.0 Å². The second-order valence-corrected chi connectivity index (χ2v) is 8.82. The van der Waals surface area contributed by atoms with Crippen LogP contribution in [0, 0.1) is 13.8 Å². The minimum Gasteiger partial charge on any atom is -0.493 e. The fraction of sp³-hybridized carbons (Fsp3) is 0.148.